The summed E-state index contributed by atoms with van der Waals surface area (Å²) >= 11 is 20.2. The number of nitro groups is 2. The summed E-state index contributed by atoms with van der Waals surface area (Å²) in [6.07, 6.45) is 1.41. The van der Waals surface area contributed by atoms with Crippen LogP contribution in [-0.2, 0) is 25.1 Å². The van der Waals surface area contributed by atoms with Crippen molar-refractivity contribution in [3.05, 3.63) is 82.7 Å². The molecular formula is C18H19Cl2I4N4O4V-. The van der Waals surface area contributed by atoms with Gasteiger partial charge in [-0.3, -0.25) is 30.2 Å². The normalized spacial score (nSPS) is 9.39. The first kappa shape index (κ1) is 38.5. The Morgan fingerprint density at radius 2 is 1.45 bits per heavy atom. The van der Waals surface area contributed by atoms with E-state index in [1.165, 1.54) is 36.5 Å². The van der Waals surface area contributed by atoms with Crippen molar-refractivity contribution in [2.75, 3.05) is 14.1 Å². The molecule has 0 amide bonds. The Morgan fingerprint density at radius 1 is 1.03 bits per heavy atom. The average molecular weight is 985 g/mol. The largest absolute Gasteiger partial charge is 0.319 e. The summed E-state index contributed by atoms with van der Waals surface area (Å²) < 4.78 is 0.743. The first-order valence-electron chi connectivity index (χ1n) is 8.15. The number of rotatable bonds is 5. The number of nitro benzene ring substituents is 2. The molecule has 33 heavy (non-hydrogen) atoms. The molecule has 0 saturated carbocycles. The molecule has 1 N–H and O–H groups in total. The molecule has 0 atom stereocenters. The number of nitrogens with one attached hydrogen (secondary N) is 1. The number of hydrogen-bond acceptors (Lipinski definition) is 6. The molecule has 2 aromatic rings. The second-order valence-corrected chi connectivity index (χ2v) is 16.9. The number of hydrogen-bond donors (Lipinski definition) is 1. The molecule has 2 aromatic carbocycles. The van der Waals surface area contributed by atoms with Crippen molar-refractivity contribution in [1.29, 1.82) is 0 Å². The van der Waals surface area contributed by atoms with Gasteiger partial charge in [-0.2, -0.15) is 0 Å². The summed E-state index contributed by atoms with van der Waals surface area (Å²) in [4.78, 5) is 27.1. The fraction of sp³-hybridized carbons (Fsp3) is 0.222. The maximum absolute atomic E-state index is 10.5. The number of halogens is 6. The fourth-order valence-electron chi connectivity index (χ4n) is 2.00. The number of benzene rings is 2. The van der Waals surface area contributed by atoms with Gasteiger partial charge >= 0.3 is 0 Å². The quantitative estimate of drug-likeness (QED) is 0.0815. The standard InChI is InChI=1S/C8H9ClN2O2.C8H7ClN2O2.CHI3.CH2I.V/c2*1-10-5-6-4-7(9)2-3-8(6)11(12)13;2-1(3)4;1-2;/h2-4,10H,5H2,1H3;2-5H,1H3;1H;1H2;/q;;;-1;. The van der Waals surface area contributed by atoms with E-state index in [1.807, 2.05) is 22.6 Å². The molecule has 183 valence electrons. The molecule has 0 aliphatic heterocycles. The molecule has 0 unspecified atom stereocenters. The van der Waals surface area contributed by atoms with Crippen LogP contribution in [0.15, 0.2) is 41.4 Å². The van der Waals surface area contributed by atoms with Gasteiger partial charge in [-0.1, -0.05) is 91.0 Å². The summed E-state index contributed by atoms with van der Waals surface area (Å²) in [6, 6.07) is 8.86. The van der Waals surface area contributed by atoms with Gasteiger partial charge in [0.25, 0.3) is 11.4 Å². The first-order valence-corrected chi connectivity index (χ1v) is 14.2. The smallest absolute Gasteiger partial charge is 0.278 e. The van der Waals surface area contributed by atoms with Crippen molar-refractivity contribution in [2.45, 2.75) is 6.48 Å². The predicted octanol–water partition coefficient (Wildman–Crippen LogP) is 8.05. The monoisotopic (exact) mass is 984 g/mol. The maximum atomic E-state index is 10.5. The van der Waals surface area contributed by atoms with E-state index < -0.39 is 9.85 Å². The van der Waals surface area contributed by atoms with Crippen LogP contribution in [0.4, 0.5) is 11.4 Å². The number of alkyl halides is 3. The van der Waals surface area contributed by atoms with E-state index in [0.29, 0.717) is 27.7 Å². The van der Waals surface area contributed by atoms with Crippen LogP contribution < -0.4 is 5.32 Å². The predicted molar refractivity (Wildman–Crippen MR) is 168 cm³/mol. The van der Waals surface area contributed by atoms with Crippen LogP contribution in [0, 0.1) is 25.2 Å². The van der Waals surface area contributed by atoms with Crippen molar-refractivity contribution >= 4 is 131 Å². The summed E-state index contributed by atoms with van der Waals surface area (Å²) in [6.45, 7) is 0.441. The van der Waals surface area contributed by atoms with E-state index in [4.69, 9.17) is 23.2 Å². The minimum Gasteiger partial charge on any atom is -0.319 e. The summed E-state index contributed by atoms with van der Waals surface area (Å²) in [5.74, 6) is 0. The van der Waals surface area contributed by atoms with Crippen LogP contribution in [0.5, 0.6) is 0 Å². The van der Waals surface area contributed by atoms with Gasteiger partial charge in [-0.25, -0.2) is 0 Å². The van der Waals surface area contributed by atoms with E-state index in [-0.39, 0.29) is 29.9 Å². The maximum Gasteiger partial charge on any atom is 0.278 e. The second kappa shape index (κ2) is 23.4. The number of aliphatic imine (C=N–C) groups is 1. The fourth-order valence-corrected chi connectivity index (χ4v) is 2.37. The van der Waals surface area contributed by atoms with Crippen LogP contribution in [0.3, 0.4) is 0 Å². The Hall–Kier alpha value is 0.954. The molecule has 0 aliphatic carbocycles. The summed E-state index contributed by atoms with van der Waals surface area (Å²) in [7, 11) is 3.27. The Balaban J connectivity index is -0.000000431. The molecule has 15 heteroatoms. The average Bonchev–Trinajstić information content (AvgIpc) is 2.70. The van der Waals surface area contributed by atoms with Crippen LogP contribution >= 0.6 is 114 Å². The summed E-state index contributed by atoms with van der Waals surface area (Å²) in [5.41, 5.74) is 1.12. The van der Waals surface area contributed by atoms with Crippen molar-refractivity contribution < 1.29 is 28.4 Å². The van der Waals surface area contributed by atoms with Gasteiger partial charge in [0.2, 0.25) is 0 Å². The zero-order chi connectivity index (χ0) is 25.3. The SMILES string of the molecule is CN=Cc1cc(Cl)ccc1[N+](=O)[O-].CNCc1cc(Cl)ccc1[N+](=O)[O-].IC(I)I.[CH2-]I.[V]. The molecule has 0 fully saturated rings. The topological polar surface area (TPSA) is 111 Å². The molecule has 0 aliphatic rings. The molecule has 8 nitrogen and oxygen atoms in total. The molecule has 1 radical (unpaired) electrons. The number of nitrogens with zero attached hydrogens (tertiary/aromatic N) is 3. The van der Waals surface area contributed by atoms with E-state index in [9.17, 15) is 20.2 Å². The van der Waals surface area contributed by atoms with Gasteiger partial charge in [-0.15, -0.1) is 0 Å². The minimum atomic E-state index is -0.465. The third-order valence-corrected chi connectivity index (χ3v) is 3.53. The zero-order valence-corrected chi connectivity index (χ0v) is 28.8. The molecule has 2 rings (SSSR count). The van der Waals surface area contributed by atoms with E-state index in [0.717, 1.165) is -0.0619 Å². The summed E-state index contributed by atoms with van der Waals surface area (Å²) in [5, 5.41) is 24.9. The van der Waals surface area contributed by atoms with Crippen LogP contribution in [0.1, 0.15) is 11.1 Å². The first-order chi connectivity index (χ1) is 15.0. The molecule has 0 bridgehead atoms. The van der Waals surface area contributed by atoms with Gasteiger partial charge in [-0.05, 0) is 31.3 Å². The third kappa shape index (κ3) is 18.8. The van der Waals surface area contributed by atoms with Gasteiger partial charge in [0.1, 0.15) is -0.0619 Å². The van der Waals surface area contributed by atoms with Crippen molar-refractivity contribution in [1.82, 2.24) is 5.32 Å². The van der Waals surface area contributed by atoms with E-state index >= 15 is 0 Å². The van der Waals surface area contributed by atoms with Gasteiger partial charge in [0.05, 0.1) is 15.4 Å². The van der Waals surface area contributed by atoms with Crippen LogP contribution in [-0.4, -0.2) is 30.1 Å². The molecule has 0 spiro atoms. The Bertz CT molecular complexity index is 894. The minimum absolute atomic E-state index is 0. The van der Waals surface area contributed by atoms with Gasteiger partial charge in [0, 0.05) is 66.1 Å². The van der Waals surface area contributed by atoms with Gasteiger partial charge in [0.15, 0.2) is 0 Å². The molecule has 0 heterocycles. The third-order valence-electron chi connectivity index (χ3n) is 3.06. The second-order valence-electron chi connectivity index (χ2n) is 5.16. The van der Waals surface area contributed by atoms with E-state index in [1.54, 1.807) is 20.2 Å². The van der Waals surface area contributed by atoms with Crippen molar-refractivity contribution in [3.8, 4) is 0 Å². The molecule has 0 saturated heterocycles. The zero-order valence-electron chi connectivity index (χ0n) is 17.2. The Kier molecular flexibility index (Phi) is 27.2. The van der Waals surface area contributed by atoms with Crippen LogP contribution in [0.2, 0.25) is 10.0 Å². The Labute approximate surface area is 269 Å². The van der Waals surface area contributed by atoms with Crippen molar-refractivity contribution in [3.63, 3.8) is 0 Å². The Morgan fingerprint density at radius 3 is 1.85 bits per heavy atom. The van der Waals surface area contributed by atoms with Crippen molar-refractivity contribution in [2.24, 2.45) is 4.99 Å². The molecule has 0 aromatic heterocycles. The van der Waals surface area contributed by atoms with E-state index in [2.05, 4.69) is 83.0 Å². The van der Waals surface area contributed by atoms with Crippen LogP contribution in [0.25, 0.3) is 0 Å². The van der Waals surface area contributed by atoms with Gasteiger partial charge < -0.3 is 27.9 Å². The molecular weight excluding hydrogens is 966 g/mol.